The molecule has 0 radical (unpaired) electrons. The van der Waals surface area contributed by atoms with Gasteiger partial charge in [-0.2, -0.15) is 0 Å². The molecule has 2 aromatic carbocycles. The van der Waals surface area contributed by atoms with Crippen LogP contribution in [0.5, 0.6) is 5.75 Å². The second-order valence-electron chi connectivity index (χ2n) is 9.53. The molecule has 1 atom stereocenters. The first kappa shape index (κ1) is 25.6. The third-order valence-electron chi connectivity index (χ3n) is 6.41. The van der Waals surface area contributed by atoms with E-state index < -0.39 is 6.04 Å². The zero-order valence-electron chi connectivity index (χ0n) is 21.4. The van der Waals surface area contributed by atoms with Gasteiger partial charge in [0.1, 0.15) is 16.8 Å². The molecule has 1 unspecified atom stereocenters. The topological polar surface area (TPSA) is 96.5 Å². The SMILES string of the molecule is COc1ccc(-c2nnc(NC(=O)C3CCCN3C(=O)Nc3c(C(C)C)cccc3C(C)C)s2)cc1. The minimum absolute atomic E-state index is 0.249. The van der Waals surface area contributed by atoms with Gasteiger partial charge >= 0.3 is 6.03 Å². The summed E-state index contributed by atoms with van der Waals surface area (Å²) in [5.41, 5.74) is 3.93. The average molecular weight is 508 g/mol. The highest BCUT2D eigenvalue weighted by molar-refractivity contribution is 7.18. The summed E-state index contributed by atoms with van der Waals surface area (Å²) < 4.78 is 5.20. The lowest BCUT2D eigenvalue weighted by Crippen LogP contribution is -2.45. The molecule has 9 heteroatoms. The molecule has 36 heavy (non-hydrogen) atoms. The quantitative estimate of drug-likeness (QED) is 0.403. The smallest absolute Gasteiger partial charge is 0.322 e. The molecule has 3 aromatic rings. The summed E-state index contributed by atoms with van der Waals surface area (Å²) in [6.45, 7) is 8.98. The molecule has 4 rings (SSSR count). The molecule has 0 saturated carbocycles. The molecule has 2 N–H and O–H groups in total. The summed E-state index contributed by atoms with van der Waals surface area (Å²) in [5.74, 6) is 1.03. The van der Waals surface area contributed by atoms with Crippen LogP contribution in [-0.4, -0.2) is 46.7 Å². The van der Waals surface area contributed by atoms with Crippen molar-refractivity contribution in [1.82, 2.24) is 15.1 Å². The number of nitrogens with zero attached hydrogens (tertiary/aromatic N) is 3. The molecule has 2 heterocycles. The molecule has 1 aliphatic rings. The number of aromatic nitrogens is 2. The Morgan fingerprint density at radius 2 is 1.67 bits per heavy atom. The fourth-order valence-electron chi connectivity index (χ4n) is 4.47. The number of methoxy groups -OCH3 is 1. The van der Waals surface area contributed by atoms with Crippen LogP contribution >= 0.6 is 11.3 Å². The van der Waals surface area contributed by atoms with Crippen molar-refractivity contribution >= 4 is 34.1 Å². The predicted octanol–water partition coefficient (Wildman–Crippen LogP) is 6.10. The lowest BCUT2D eigenvalue weighted by atomic mass is 9.93. The van der Waals surface area contributed by atoms with E-state index in [1.807, 2.05) is 30.3 Å². The Morgan fingerprint density at radius 1 is 1.00 bits per heavy atom. The van der Waals surface area contributed by atoms with Gasteiger partial charge in [0, 0.05) is 17.8 Å². The molecule has 3 amide bonds. The van der Waals surface area contributed by atoms with Gasteiger partial charge in [-0.15, -0.1) is 10.2 Å². The van der Waals surface area contributed by atoms with E-state index in [9.17, 15) is 9.59 Å². The molecule has 0 bridgehead atoms. The van der Waals surface area contributed by atoms with Gasteiger partial charge < -0.3 is 15.0 Å². The summed E-state index contributed by atoms with van der Waals surface area (Å²) in [5, 5.41) is 15.4. The van der Waals surface area contributed by atoms with Crippen LogP contribution in [0.4, 0.5) is 15.6 Å². The van der Waals surface area contributed by atoms with E-state index in [2.05, 4.69) is 60.7 Å². The van der Waals surface area contributed by atoms with Crippen molar-refractivity contribution in [2.45, 2.75) is 58.4 Å². The number of hydrogen-bond acceptors (Lipinski definition) is 6. The number of nitrogens with one attached hydrogen (secondary N) is 2. The Hall–Kier alpha value is -3.46. The Labute approximate surface area is 216 Å². The van der Waals surface area contributed by atoms with E-state index in [4.69, 9.17) is 4.74 Å². The number of ether oxygens (including phenoxy) is 1. The molecule has 190 valence electrons. The van der Waals surface area contributed by atoms with Gasteiger partial charge in [0.25, 0.3) is 0 Å². The summed E-state index contributed by atoms with van der Waals surface area (Å²) in [6, 6.07) is 12.8. The molecule has 0 aliphatic carbocycles. The highest BCUT2D eigenvalue weighted by Gasteiger charge is 2.35. The summed E-state index contributed by atoms with van der Waals surface area (Å²) in [7, 11) is 1.62. The zero-order valence-corrected chi connectivity index (χ0v) is 22.2. The van der Waals surface area contributed by atoms with Crippen molar-refractivity contribution in [2.75, 3.05) is 24.3 Å². The fraction of sp³-hybridized carbons (Fsp3) is 0.407. The normalized spacial score (nSPS) is 15.4. The molecule has 8 nitrogen and oxygen atoms in total. The van der Waals surface area contributed by atoms with Crippen molar-refractivity contribution in [3.05, 3.63) is 53.6 Å². The van der Waals surface area contributed by atoms with E-state index in [1.165, 1.54) is 11.3 Å². The number of likely N-dealkylation sites (tertiary alicyclic amines) is 1. The number of anilines is 2. The van der Waals surface area contributed by atoms with Crippen LogP contribution in [0.25, 0.3) is 10.6 Å². The average Bonchev–Trinajstić information content (AvgIpc) is 3.54. The van der Waals surface area contributed by atoms with Gasteiger partial charge in [0.2, 0.25) is 11.0 Å². The maximum atomic E-state index is 13.4. The Morgan fingerprint density at radius 3 is 2.28 bits per heavy atom. The minimum atomic E-state index is -0.563. The fourth-order valence-corrected chi connectivity index (χ4v) is 5.22. The van der Waals surface area contributed by atoms with Gasteiger partial charge in [0.15, 0.2) is 0 Å². The van der Waals surface area contributed by atoms with Crippen LogP contribution in [0.15, 0.2) is 42.5 Å². The van der Waals surface area contributed by atoms with Gasteiger partial charge in [0.05, 0.1) is 7.11 Å². The van der Waals surface area contributed by atoms with E-state index in [-0.39, 0.29) is 23.8 Å². The van der Waals surface area contributed by atoms with Crippen molar-refractivity contribution in [1.29, 1.82) is 0 Å². The van der Waals surface area contributed by atoms with Crippen LogP contribution in [0, 0.1) is 0 Å². The lowest BCUT2D eigenvalue weighted by Gasteiger charge is -2.26. The van der Waals surface area contributed by atoms with Gasteiger partial charge in [-0.3, -0.25) is 10.1 Å². The van der Waals surface area contributed by atoms with Crippen molar-refractivity contribution < 1.29 is 14.3 Å². The van der Waals surface area contributed by atoms with Crippen LogP contribution in [-0.2, 0) is 4.79 Å². The molecular formula is C27H33N5O3S. The maximum Gasteiger partial charge on any atom is 0.322 e. The standard InChI is InChI=1S/C27H33N5O3S/c1-16(2)20-8-6-9-21(17(3)4)23(20)28-27(34)32-15-7-10-22(32)24(33)29-26-31-30-25(36-26)18-11-13-19(35-5)14-12-18/h6,8-9,11-14,16-17,22H,7,10,15H2,1-5H3,(H,28,34)(H,29,31,33). The number of para-hydroxylation sites is 1. The number of carbonyl (C=O) groups excluding carboxylic acids is 2. The number of carbonyl (C=O) groups is 2. The van der Waals surface area contributed by atoms with E-state index in [0.717, 1.165) is 34.5 Å². The first-order valence-electron chi connectivity index (χ1n) is 12.3. The molecule has 1 aliphatic heterocycles. The largest absolute Gasteiger partial charge is 0.497 e. The van der Waals surface area contributed by atoms with Gasteiger partial charge in [-0.05, 0) is 60.1 Å². The zero-order chi connectivity index (χ0) is 25.8. The first-order chi connectivity index (χ1) is 17.3. The van der Waals surface area contributed by atoms with Gasteiger partial charge in [-0.1, -0.05) is 57.2 Å². The number of amides is 3. The number of hydrogen-bond donors (Lipinski definition) is 2. The number of urea groups is 1. The second kappa shape index (κ2) is 11.1. The third kappa shape index (κ3) is 5.51. The summed E-state index contributed by atoms with van der Waals surface area (Å²) >= 11 is 1.30. The Kier molecular flexibility index (Phi) is 7.88. The van der Waals surface area contributed by atoms with Crippen LogP contribution in [0.1, 0.15) is 63.5 Å². The van der Waals surface area contributed by atoms with Crippen molar-refractivity contribution in [3.8, 4) is 16.3 Å². The first-order valence-corrected chi connectivity index (χ1v) is 13.1. The van der Waals surface area contributed by atoms with E-state index in [0.29, 0.717) is 23.1 Å². The highest BCUT2D eigenvalue weighted by atomic mass is 32.1. The van der Waals surface area contributed by atoms with Crippen LogP contribution in [0.3, 0.4) is 0 Å². The number of rotatable bonds is 7. The third-order valence-corrected chi connectivity index (χ3v) is 7.30. The lowest BCUT2D eigenvalue weighted by molar-refractivity contribution is -0.119. The van der Waals surface area contributed by atoms with Crippen LogP contribution in [0.2, 0.25) is 0 Å². The van der Waals surface area contributed by atoms with Gasteiger partial charge in [-0.25, -0.2) is 4.79 Å². The van der Waals surface area contributed by atoms with E-state index >= 15 is 0 Å². The van der Waals surface area contributed by atoms with Crippen molar-refractivity contribution in [2.24, 2.45) is 0 Å². The van der Waals surface area contributed by atoms with Crippen LogP contribution < -0.4 is 15.4 Å². The summed E-state index contributed by atoms with van der Waals surface area (Å²) in [4.78, 5) is 28.2. The molecular weight excluding hydrogens is 474 g/mol. The Bertz CT molecular complexity index is 1200. The van der Waals surface area contributed by atoms with E-state index in [1.54, 1.807) is 12.0 Å². The van der Waals surface area contributed by atoms with Crippen molar-refractivity contribution in [3.63, 3.8) is 0 Å². The molecule has 0 spiro atoms. The monoisotopic (exact) mass is 507 g/mol. The maximum absolute atomic E-state index is 13.4. The molecule has 1 saturated heterocycles. The Balaban J connectivity index is 1.47. The highest BCUT2D eigenvalue weighted by Crippen LogP contribution is 2.33. The second-order valence-corrected chi connectivity index (χ2v) is 10.5. The minimum Gasteiger partial charge on any atom is -0.497 e. The predicted molar refractivity (Wildman–Crippen MR) is 144 cm³/mol. The molecule has 1 aromatic heterocycles. The number of benzene rings is 2. The summed E-state index contributed by atoms with van der Waals surface area (Å²) in [6.07, 6.45) is 1.37. The molecule has 1 fully saturated rings.